The first-order valence-corrected chi connectivity index (χ1v) is 6.51. The van der Waals surface area contributed by atoms with Gasteiger partial charge in [0.1, 0.15) is 0 Å². The number of nitrogens with one attached hydrogen (secondary N) is 2. The summed E-state index contributed by atoms with van der Waals surface area (Å²) in [7, 11) is 0. The molecule has 0 aliphatic carbocycles. The molecule has 2 rings (SSSR count). The summed E-state index contributed by atoms with van der Waals surface area (Å²) in [5.41, 5.74) is 6.73. The lowest BCUT2D eigenvalue weighted by molar-refractivity contribution is -0.118. The first-order valence-electron chi connectivity index (χ1n) is 6.51. The molecule has 4 N–H and O–H groups in total. The fourth-order valence-electron chi connectivity index (χ4n) is 2.27. The number of primary amides is 1. The topological polar surface area (TPSA) is 84.2 Å². The van der Waals surface area contributed by atoms with Crippen LogP contribution in [-0.4, -0.2) is 24.9 Å². The lowest BCUT2D eigenvalue weighted by Gasteiger charge is -2.09. The number of hydrogen-bond acceptors (Lipinski definition) is 3. The number of amides is 2. The predicted molar refractivity (Wildman–Crippen MR) is 73.6 cm³/mol. The summed E-state index contributed by atoms with van der Waals surface area (Å²) in [6.07, 6.45) is 1.84. The highest BCUT2D eigenvalue weighted by atomic mass is 16.1. The fourth-order valence-corrected chi connectivity index (χ4v) is 2.27. The third-order valence-corrected chi connectivity index (χ3v) is 3.25. The SMILES string of the molecule is NC(=O)Cc1ccc(NC(=O)CC2CCNC2)cc1. The monoisotopic (exact) mass is 261 g/mol. The second-order valence-corrected chi connectivity index (χ2v) is 4.95. The van der Waals surface area contributed by atoms with Crippen molar-refractivity contribution in [2.45, 2.75) is 19.3 Å². The summed E-state index contributed by atoms with van der Waals surface area (Å²) in [5.74, 6) is 0.121. The van der Waals surface area contributed by atoms with Crippen molar-refractivity contribution in [2.75, 3.05) is 18.4 Å². The number of nitrogens with two attached hydrogens (primary N) is 1. The summed E-state index contributed by atoms with van der Waals surface area (Å²) < 4.78 is 0. The first-order chi connectivity index (χ1) is 9.13. The van der Waals surface area contributed by atoms with Crippen LogP contribution in [0.3, 0.4) is 0 Å². The molecule has 102 valence electrons. The Morgan fingerprint density at radius 1 is 1.32 bits per heavy atom. The minimum atomic E-state index is -0.356. The van der Waals surface area contributed by atoms with Crippen LogP contribution in [0, 0.1) is 5.92 Å². The van der Waals surface area contributed by atoms with E-state index in [2.05, 4.69) is 10.6 Å². The maximum Gasteiger partial charge on any atom is 0.224 e. The molecule has 19 heavy (non-hydrogen) atoms. The van der Waals surface area contributed by atoms with Crippen molar-refractivity contribution in [3.63, 3.8) is 0 Å². The van der Waals surface area contributed by atoms with Gasteiger partial charge in [-0.3, -0.25) is 9.59 Å². The number of hydrogen-bond donors (Lipinski definition) is 3. The summed E-state index contributed by atoms with van der Waals surface area (Å²) in [6.45, 7) is 1.92. The molecule has 2 amide bonds. The summed E-state index contributed by atoms with van der Waals surface area (Å²) in [5, 5.41) is 6.11. The van der Waals surface area contributed by atoms with Crippen molar-refractivity contribution in [3.05, 3.63) is 29.8 Å². The second-order valence-electron chi connectivity index (χ2n) is 4.95. The second kappa shape index (κ2) is 6.33. The van der Waals surface area contributed by atoms with Crippen LogP contribution in [0.2, 0.25) is 0 Å². The van der Waals surface area contributed by atoms with Gasteiger partial charge in [0.25, 0.3) is 0 Å². The van der Waals surface area contributed by atoms with Gasteiger partial charge in [-0.1, -0.05) is 12.1 Å². The third-order valence-electron chi connectivity index (χ3n) is 3.25. The molecule has 0 saturated carbocycles. The number of benzene rings is 1. The highest BCUT2D eigenvalue weighted by Crippen LogP contribution is 2.15. The van der Waals surface area contributed by atoms with Gasteiger partial charge in [0, 0.05) is 12.1 Å². The Morgan fingerprint density at radius 3 is 2.63 bits per heavy atom. The van der Waals surface area contributed by atoms with E-state index in [4.69, 9.17) is 5.73 Å². The van der Waals surface area contributed by atoms with Crippen LogP contribution in [-0.2, 0) is 16.0 Å². The van der Waals surface area contributed by atoms with Crippen LogP contribution >= 0.6 is 0 Å². The van der Waals surface area contributed by atoms with Gasteiger partial charge in [-0.05, 0) is 43.1 Å². The highest BCUT2D eigenvalue weighted by Gasteiger charge is 2.17. The maximum absolute atomic E-state index is 11.8. The van der Waals surface area contributed by atoms with Crippen molar-refractivity contribution < 1.29 is 9.59 Å². The average molecular weight is 261 g/mol. The zero-order valence-electron chi connectivity index (χ0n) is 10.8. The lowest BCUT2D eigenvalue weighted by Crippen LogP contribution is -2.18. The van der Waals surface area contributed by atoms with E-state index in [1.165, 1.54) is 0 Å². The van der Waals surface area contributed by atoms with Crippen LogP contribution in [0.25, 0.3) is 0 Å². The van der Waals surface area contributed by atoms with Crippen LogP contribution in [0.1, 0.15) is 18.4 Å². The molecule has 0 bridgehead atoms. The molecule has 1 unspecified atom stereocenters. The molecule has 0 spiro atoms. The Balaban J connectivity index is 1.84. The van der Waals surface area contributed by atoms with Crippen molar-refractivity contribution in [3.8, 4) is 0 Å². The van der Waals surface area contributed by atoms with Gasteiger partial charge in [-0.15, -0.1) is 0 Å². The Kier molecular flexibility index (Phi) is 4.52. The van der Waals surface area contributed by atoms with Gasteiger partial charge < -0.3 is 16.4 Å². The van der Waals surface area contributed by atoms with Gasteiger partial charge in [0.2, 0.25) is 11.8 Å². The van der Waals surface area contributed by atoms with Crippen molar-refractivity contribution in [1.29, 1.82) is 0 Å². The molecule has 5 heteroatoms. The van der Waals surface area contributed by atoms with Gasteiger partial charge in [0.15, 0.2) is 0 Å². The van der Waals surface area contributed by atoms with Gasteiger partial charge in [-0.2, -0.15) is 0 Å². The van der Waals surface area contributed by atoms with E-state index in [0.29, 0.717) is 12.3 Å². The average Bonchev–Trinajstić information content (AvgIpc) is 2.83. The van der Waals surface area contributed by atoms with E-state index >= 15 is 0 Å². The minimum Gasteiger partial charge on any atom is -0.369 e. The lowest BCUT2D eigenvalue weighted by atomic mass is 10.0. The summed E-state index contributed by atoms with van der Waals surface area (Å²) in [4.78, 5) is 22.6. The van der Waals surface area contributed by atoms with Crippen LogP contribution in [0.15, 0.2) is 24.3 Å². The molecule has 1 aliphatic heterocycles. The normalized spacial score (nSPS) is 18.2. The molecular formula is C14H19N3O2. The molecule has 0 aromatic heterocycles. The summed E-state index contributed by atoms with van der Waals surface area (Å²) in [6, 6.07) is 7.20. The number of carbonyl (C=O) groups excluding carboxylic acids is 2. The van der Waals surface area contributed by atoms with Crippen LogP contribution in [0.4, 0.5) is 5.69 Å². The molecule has 1 saturated heterocycles. The van der Waals surface area contributed by atoms with Crippen LogP contribution < -0.4 is 16.4 Å². The van der Waals surface area contributed by atoms with Crippen molar-refractivity contribution >= 4 is 17.5 Å². The zero-order chi connectivity index (χ0) is 13.7. The Hall–Kier alpha value is -1.88. The Morgan fingerprint density at radius 2 is 2.05 bits per heavy atom. The summed E-state index contributed by atoms with van der Waals surface area (Å²) >= 11 is 0. The predicted octanol–water partition coefficient (Wildman–Crippen LogP) is 0.652. The number of rotatable bonds is 5. The molecule has 5 nitrogen and oxygen atoms in total. The van der Waals surface area contributed by atoms with E-state index in [0.717, 1.165) is 30.8 Å². The smallest absolute Gasteiger partial charge is 0.224 e. The molecular weight excluding hydrogens is 242 g/mol. The molecule has 0 radical (unpaired) electrons. The highest BCUT2D eigenvalue weighted by molar-refractivity contribution is 5.91. The van der Waals surface area contributed by atoms with E-state index < -0.39 is 0 Å². The van der Waals surface area contributed by atoms with Gasteiger partial charge >= 0.3 is 0 Å². The van der Waals surface area contributed by atoms with E-state index in [9.17, 15) is 9.59 Å². The van der Waals surface area contributed by atoms with E-state index in [1.807, 2.05) is 0 Å². The molecule has 1 aliphatic rings. The molecule has 1 fully saturated rings. The molecule has 1 heterocycles. The maximum atomic E-state index is 11.8. The third kappa shape index (κ3) is 4.37. The molecule has 1 aromatic rings. The zero-order valence-corrected chi connectivity index (χ0v) is 10.8. The van der Waals surface area contributed by atoms with Gasteiger partial charge in [0.05, 0.1) is 6.42 Å². The van der Waals surface area contributed by atoms with Crippen molar-refractivity contribution in [2.24, 2.45) is 11.7 Å². The number of carbonyl (C=O) groups is 2. The quantitative estimate of drug-likeness (QED) is 0.727. The fraction of sp³-hybridized carbons (Fsp3) is 0.429. The Bertz CT molecular complexity index is 450. The minimum absolute atomic E-state index is 0.0383. The largest absolute Gasteiger partial charge is 0.369 e. The molecule has 1 atom stereocenters. The van der Waals surface area contributed by atoms with E-state index in [-0.39, 0.29) is 18.2 Å². The van der Waals surface area contributed by atoms with Crippen molar-refractivity contribution in [1.82, 2.24) is 5.32 Å². The molecule has 1 aromatic carbocycles. The number of anilines is 1. The van der Waals surface area contributed by atoms with Gasteiger partial charge in [-0.25, -0.2) is 0 Å². The first kappa shape index (κ1) is 13.5. The Labute approximate surface area is 112 Å². The van der Waals surface area contributed by atoms with E-state index in [1.54, 1.807) is 24.3 Å². The standard InChI is InChI=1S/C14H19N3O2/c15-13(18)7-10-1-3-12(4-2-10)17-14(19)8-11-5-6-16-9-11/h1-4,11,16H,5-9H2,(H2,15,18)(H,17,19). The van der Waals surface area contributed by atoms with Crippen LogP contribution in [0.5, 0.6) is 0 Å².